The number of benzene rings is 1. The average Bonchev–Trinajstić information content (AvgIpc) is 2.73. The highest BCUT2D eigenvalue weighted by molar-refractivity contribution is 5.98. The third-order valence-electron chi connectivity index (χ3n) is 5.53. The molecule has 1 aromatic carbocycles. The first-order valence-electron chi connectivity index (χ1n) is 9.97. The number of hydrogen-bond donors (Lipinski definition) is 0. The molecule has 5 nitrogen and oxygen atoms in total. The molecule has 0 aromatic heterocycles. The number of hydrogen-bond acceptors (Lipinski definition) is 4. The first-order valence-corrected chi connectivity index (χ1v) is 9.97. The van der Waals surface area contributed by atoms with Crippen molar-refractivity contribution < 1.29 is 27.8 Å². The van der Waals surface area contributed by atoms with Crippen molar-refractivity contribution in [1.82, 2.24) is 4.90 Å². The normalized spacial score (nSPS) is 22.1. The Hall–Kier alpha value is -1.86. The number of rotatable bonds is 6. The number of ketones is 1. The van der Waals surface area contributed by atoms with Crippen LogP contribution in [0.4, 0.5) is 8.78 Å². The number of piperidine rings is 1. The molecule has 2 atom stereocenters. The van der Waals surface area contributed by atoms with Crippen LogP contribution in [0, 0.1) is 17.6 Å². The standard InChI is InChI=1S/C21H27F2NO4/c1-14(28-13-17-4-2-3-11-27-17)21(26)24-9-7-15(8-10-24)20(25)18-12-16(22)5-6-19(18)23/h5-6,12,14-15,17H,2-4,7-11,13H2,1H3. The van der Waals surface area contributed by atoms with Crippen LogP contribution in [0.3, 0.4) is 0 Å². The number of likely N-dealkylation sites (tertiary alicyclic amines) is 1. The Morgan fingerprint density at radius 3 is 2.64 bits per heavy atom. The molecule has 0 N–H and O–H groups in total. The van der Waals surface area contributed by atoms with E-state index in [0.29, 0.717) is 32.5 Å². The van der Waals surface area contributed by atoms with Crippen molar-refractivity contribution in [2.24, 2.45) is 5.92 Å². The third kappa shape index (κ3) is 5.14. The van der Waals surface area contributed by atoms with Gasteiger partial charge in [-0.25, -0.2) is 8.78 Å². The maximum absolute atomic E-state index is 13.8. The Labute approximate surface area is 164 Å². The van der Waals surface area contributed by atoms with Crippen LogP contribution in [0.15, 0.2) is 18.2 Å². The largest absolute Gasteiger partial charge is 0.376 e. The summed E-state index contributed by atoms with van der Waals surface area (Å²) in [5.41, 5.74) is -0.214. The second-order valence-electron chi connectivity index (χ2n) is 7.55. The van der Waals surface area contributed by atoms with Gasteiger partial charge in [-0.15, -0.1) is 0 Å². The summed E-state index contributed by atoms with van der Waals surface area (Å²) in [5.74, 6) is -2.27. The Morgan fingerprint density at radius 2 is 1.96 bits per heavy atom. The minimum atomic E-state index is -0.711. The summed E-state index contributed by atoms with van der Waals surface area (Å²) >= 11 is 0. The smallest absolute Gasteiger partial charge is 0.251 e. The number of ether oxygens (including phenoxy) is 2. The van der Waals surface area contributed by atoms with Gasteiger partial charge in [0.2, 0.25) is 0 Å². The fraction of sp³-hybridized carbons (Fsp3) is 0.619. The molecular weight excluding hydrogens is 368 g/mol. The number of carbonyl (C=O) groups excluding carboxylic acids is 2. The average molecular weight is 395 g/mol. The number of nitrogens with zero attached hydrogens (tertiary/aromatic N) is 1. The van der Waals surface area contributed by atoms with Crippen molar-refractivity contribution in [3.8, 4) is 0 Å². The van der Waals surface area contributed by atoms with Crippen LogP contribution >= 0.6 is 0 Å². The molecule has 154 valence electrons. The van der Waals surface area contributed by atoms with Gasteiger partial charge in [-0.2, -0.15) is 0 Å². The van der Waals surface area contributed by atoms with E-state index in [4.69, 9.17) is 9.47 Å². The molecule has 2 unspecified atom stereocenters. The van der Waals surface area contributed by atoms with Crippen LogP contribution in [-0.2, 0) is 14.3 Å². The monoisotopic (exact) mass is 395 g/mol. The van der Waals surface area contributed by atoms with Crippen molar-refractivity contribution in [1.29, 1.82) is 0 Å². The van der Waals surface area contributed by atoms with Gasteiger partial charge in [0.25, 0.3) is 5.91 Å². The van der Waals surface area contributed by atoms with Gasteiger partial charge in [0.05, 0.1) is 18.3 Å². The Kier molecular flexibility index (Phi) is 7.13. The van der Waals surface area contributed by atoms with E-state index < -0.39 is 29.4 Å². The summed E-state index contributed by atoms with van der Waals surface area (Å²) < 4.78 is 38.5. The maximum Gasteiger partial charge on any atom is 0.251 e. The van der Waals surface area contributed by atoms with Gasteiger partial charge in [-0.3, -0.25) is 9.59 Å². The van der Waals surface area contributed by atoms with Gasteiger partial charge >= 0.3 is 0 Å². The molecule has 1 amide bonds. The van der Waals surface area contributed by atoms with Crippen LogP contribution < -0.4 is 0 Å². The molecule has 0 aliphatic carbocycles. The van der Waals surface area contributed by atoms with Gasteiger partial charge in [0.15, 0.2) is 5.78 Å². The molecule has 2 heterocycles. The molecule has 2 saturated heterocycles. The van der Waals surface area contributed by atoms with Crippen molar-refractivity contribution in [2.75, 3.05) is 26.3 Å². The van der Waals surface area contributed by atoms with Crippen LogP contribution in [0.25, 0.3) is 0 Å². The molecule has 0 radical (unpaired) electrons. The lowest BCUT2D eigenvalue weighted by molar-refractivity contribution is -0.147. The highest BCUT2D eigenvalue weighted by Gasteiger charge is 2.31. The van der Waals surface area contributed by atoms with Crippen molar-refractivity contribution in [3.05, 3.63) is 35.4 Å². The third-order valence-corrected chi connectivity index (χ3v) is 5.53. The molecule has 0 bridgehead atoms. The number of halogens is 2. The fourth-order valence-electron chi connectivity index (χ4n) is 3.79. The van der Waals surface area contributed by atoms with Crippen LogP contribution in [-0.4, -0.2) is 55.1 Å². The Bertz CT molecular complexity index is 698. The zero-order valence-corrected chi connectivity index (χ0v) is 16.2. The summed E-state index contributed by atoms with van der Waals surface area (Å²) in [4.78, 5) is 26.8. The summed E-state index contributed by atoms with van der Waals surface area (Å²) in [6.45, 7) is 3.68. The molecule has 28 heavy (non-hydrogen) atoms. The molecule has 1 aromatic rings. The topological polar surface area (TPSA) is 55.8 Å². The van der Waals surface area contributed by atoms with Gasteiger partial charge in [0, 0.05) is 25.6 Å². The molecule has 2 fully saturated rings. The Balaban J connectivity index is 1.48. The maximum atomic E-state index is 13.8. The van der Waals surface area contributed by atoms with E-state index in [2.05, 4.69) is 0 Å². The summed E-state index contributed by atoms with van der Waals surface area (Å²) in [5, 5.41) is 0. The SMILES string of the molecule is CC(OCC1CCCCO1)C(=O)N1CCC(C(=O)c2cc(F)ccc2F)CC1. The van der Waals surface area contributed by atoms with E-state index in [1.165, 1.54) is 0 Å². The van der Waals surface area contributed by atoms with E-state index in [9.17, 15) is 18.4 Å². The summed E-state index contributed by atoms with van der Waals surface area (Å²) in [6.07, 6.45) is 3.47. The summed E-state index contributed by atoms with van der Waals surface area (Å²) in [7, 11) is 0. The van der Waals surface area contributed by atoms with Crippen LogP contribution in [0.1, 0.15) is 49.4 Å². The number of carbonyl (C=O) groups is 2. The van der Waals surface area contributed by atoms with Crippen LogP contribution in [0.5, 0.6) is 0 Å². The van der Waals surface area contributed by atoms with Gasteiger partial charge in [-0.05, 0) is 57.2 Å². The lowest BCUT2D eigenvalue weighted by Crippen LogP contribution is -2.45. The number of Topliss-reactive ketones (excluding diaryl/α,β-unsaturated/α-hetero) is 1. The molecule has 2 aliphatic heterocycles. The van der Waals surface area contributed by atoms with Gasteiger partial charge in [-0.1, -0.05) is 0 Å². The highest BCUT2D eigenvalue weighted by Crippen LogP contribution is 2.24. The lowest BCUT2D eigenvalue weighted by atomic mass is 9.88. The van der Waals surface area contributed by atoms with Crippen LogP contribution in [0.2, 0.25) is 0 Å². The minimum absolute atomic E-state index is 0.0496. The van der Waals surface area contributed by atoms with Crippen molar-refractivity contribution >= 4 is 11.7 Å². The van der Waals surface area contributed by atoms with E-state index >= 15 is 0 Å². The highest BCUT2D eigenvalue weighted by atomic mass is 19.1. The predicted octanol–water partition coefficient (Wildman–Crippen LogP) is 3.36. The lowest BCUT2D eigenvalue weighted by Gasteiger charge is -2.33. The zero-order valence-electron chi connectivity index (χ0n) is 16.2. The molecular formula is C21H27F2NO4. The van der Waals surface area contributed by atoms with E-state index in [1.54, 1.807) is 11.8 Å². The molecule has 3 rings (SSSR count). The minimum Gasteiger partial charge on any atom is -0.376 e. The van der Waals surface area contributed by atoms with Crippen molar-refractivity contribution in [2.45, 2.75) is 51.2 Å². The summed E-state index contributed by atoms with van der Waals surface area (Å²) in [6, 6.07) is 2.90. The Morgan fingerprint density at radius 1 is 1.21 bits per heavy atom. The second kappa shape index (κ2) is 9.56. The predicted molar refractivity (Wildman–Crippen MR) is 99.0 cm³/mol. The zero-order chi connectivity index (χ0) is 20.1. The second-order valence-corrected chi connectivity index (χ2v) is 7.55. The molecule has 7 heteroatoms. The fourth-order valence-corrected chi connectivity index (χ4v) is 3.79. The molecule has 0 saturated carbocycles. The van der Waals surface area contributed by atoms with Gasteiger partial charge in [0.1, 0.15) is 17.7 Å². The quantitative estimate of drug-likeness (QED) is 0.693. The molecule has 0 spiro atoms. The van der Waals surface area contributed by atoms with Crippen molar-refractivity contribution in [3.63, 3.8) is 0 Å². The van der Waals surface area contributed by atoms with Gasteiger partial charge < -0.3 is 14.4 Å². The molecule has 2 aliphatic rings. The first-order chi connectivity index (χ1) is 13.5. The number of amides is 1. The van der Waals surface area contributed by atoms with E-state index in [1.807, 2.05) is 0 Å². The van der Waals surface area contributed by atoms with E-state index in [-0.39, 0.29) is 17.6 Å². The first kappa shape index (κ1) is 20.9. The van der Waals surface area contributed by atoms with E-state index in [0.717, 1.165) is 44.1 Å².